The quantitative estimate of drug-likeness (QED) is 0.725. The molecule has 2 rings (SSSR count). The minimum absolute atomic E-state index is 0.477. The van der Waals surface area contributed by atoms with Crippen LogP contribution in [0.3, 0.4) is 0 Å². The molecule has 0 aliphatic carbocycles. The van der Waals surface area contributed by atoms with Gasteiger partial charge in [0.1, 0.15) is 0 Å². The molecule has 104 valence electrons. The normalized spacial score (nSPS) is 11.9. The van der Waals surface area contributed by atoms with Crippen LogP contribution in [0.4, 0.5) is 5.69 Å². The van der Waals surface area contributed by atoms with E-state index in [0.29, 0.717) is 16.3 Å². The van der Waals surface area contributed by atoms with E-state index in [1.807, 2.05) is 18.2 Å². The predicted octanol–water partition coefficient (Wildman–Crippen LogP) is 5.10. The number of carboxylic acids is 1. The molecule has 0 fully saturated rings. The molecule has 2 aromatic carbocycles. The molecular formula is C14H10Br2ClNO2. The topological polar surface area (TPSA) is 49.3 Å². The number of aliphatic carboxylic acids is 1. The summed E-state index contributed by atoms with van der Waals surface area (Å²) in [4.78, 5) is 11.5. The van der Waals surface area contributed by atoms with Crippen LogP contribution in [-0.4, -0.2) is 11.1 Å². The molecule has 2 N–H and O–H groups in total. The fraction of sp³-hybridized carbons (Fsp3) is 0.0714. The van der Waals surface area contributed by atoms with Gasteiger partial charge in [0.2, 0.25) is 0 Å². The summed E-state index contributed by atoms with van der Waals surface area (Å²) < 4.78 is 1.61. The maximum atomic E-state index is 11.5. The molecule has 0 amide bonds. The van der Waals surface area contributed by atoms with Gasteiger partial charge in [-0.1, -0.05) is 39.7 Å². The van der Waals surface area contributed by atoms with E-state index in [-0.39, 0.29) is 0 Å². The number of nitrogens with one attached hydrogen (secondary N) is 1. The average molecular weight is 420 g/mol. The molecule has 0 aromatic heterocycles. The summed E-state index contributed by atoms with van der Waals surface area (Å²) in [5, 5.41) is 12.8. The van der Waals surface area contributed by atoms with Gasteiger partial charge in [0.15, 0.2) is 6.04 Å². The second-order valence-electron chi connectivity index (χ2n) is 4.10. The van der Waals surface area contributed by atoms with Crippen molar-refractivity contribution in [3.8, 4) is 0 Å². The Balaban J connectivity index is 2.32. The Kier molecular flexibility index (Phi) is 5.07. The lowest BCUT2D eigenvalue weighted by atomic mass is 10.1. The van der Waals surface area contributed by atoms with Crippen LogP contribution in [0.2, 0.25) is 5.02 Å². The monoisotopic (exact) mass is 417 g/mol. The highest BCUT2D eigenvalue weighted by Gasteiger charge is 2.20. The molecule has 0 bridgehead atoms. The largest absolute Gasteiger partial charge is 0.479 e. The van der Waals surface area contributed by atoms with Crippen molar-refractivity contribution >= 4 is 55.1 Å². The van der Waals surface area contributed by atoms with Gasteiger partial charge < -0.3 is 10.4 Å². The van der Waals surface area contributed by atoms with Gasteiger partial charge in [-0.2, -0.15) is 0 Å². The van der Waals surface area contributed by atoms with E-state index in [1.165, 1.54) is 0 Å². The van der Waals surface area contributed by atoms with Crippen molar-refractivity contribution in [2.45, 2.75) is 6.04 Å². The lowest BCUT2D eigenvalue weighted by molar-refractivity contribution is -0.138. The van der Waals surface area contributed by atoms with E-state index in [2.05, 4.69) is 37.2 Å². The highest BCUT2D eigenvalue weighted by Crippen LogP contribution is 2.28. The Morgan fingerprint density at radius 3 is 2.55 bits per heavy atom. The van der Waals surface area contributed by atoms with E-state index < -0.39 is 12.0 Å². The first-order valence-corrected chi connectivity index (χ1v) is 7.63. The fourth-order valence-electron chi connectivity index (χ4n) is 1.72. The van der Waals surface area contributed by atoms with Crippen molar-refractivity contribution in [3.63, 3.8) is 0 Å². The first kappa shape index (κ1) is 15.4. The van der Waals surface area contributed by atoms with Gasteiger partial charge in [-0.25, -0.2) is 4.79 Å². The lowest BCUT2D eigenvalue weighted by Gasteiger charge is -2.17. The maximum absolute atomic E-state index is 11.5. The number of benzene rings is 2. The van der Waals surface area contributed by atoms with E-state index in [4.69, 9.17) is 11.6 Å². The van der Waals surface area contributed by atoms with Crippen LogP contribution in [0.25, 0.3) is 0 Å². The van der Waals surface area contributed by atoms with E-state index in [1.54, 1.807) is 24.3 Å². The summed E-state index contributed by atoms with van der Waals surface area (Å²) in [5.74, 6) is -0.969. The summed E-state index contributed by atoms with van der Waals surface area (Å²) in [6.07, 6.45) is 0. The Hall–Kier alpha value is -1.04. The number of carbonyl (C=O) groups is 1. The molecular weight excluding hydrogens is 409 g/mol. The van der Waals surface area contributed by atoms with Crippen LogP contribution in [0.15, 0.2) is 51.4 Å². The second kappa shape index (κ2) is 6.61. The van der Waals surface area contributed by atoms with Crippen LogP contribution in [0.5, 0.6) is 0 Å². The molecule has 0 aliphatic heterocycles. The van der Waals surface area contributed by atoms with Crippen molar-refractivity contribution < 1.29 is 9.90 Å². The molecule has 0 spiro atoms. The van der Waals surface area contributed by atoms with Gasteiger partial charge in [-0.05, 0) is 51.8 Å². The molecule has 3 nitrogen and oxygen atoms in total. The van der Waals surface area contributed by atoms with Crippen LogP contribution < -0.4 is 5.32 Å². The van der Waals surface area contributed by atoms with Crippen LogP contribution in [0.1, 0.15) is 11.6 Å². The highest BCUT2D eigenvalue weighted by molar-refractivity contribution is 9.10. The maximum Gasteiger partial charge on any atom is 0.330 e. The third-order valence-electron chi connectivity index (χ3n) is 2.66. The molecule has 1 atom stereocenters. The number of hydrogen-bond acceptors (Lipinski definition) is 2. The van der Waals surface area contributed by atoms with Gasteiger partial charge in [0.05, 0.1) is 5.02 Å². The fourth-order valence-corrected chi connectivity index (χ4v) is 2.56. The highest BCUT2D eigenvalue weighted by atomic mass is 79.9. The average Bonchev–Trinajstić information content (AvgIpc) is 2.39. The summed E-state index contributed by atoms with van der Waals surface area (Å²) >= 11 is 12.7. The molecule has 0 radical (unpaired) electrons. The zero-order valence-electron chi connectivity index (χ0n) is 10.1. The summed E-state index contributed by atoms with van der Waals surface area (Å²) in [6, 6.07) is 11.6. The van der Waals surface area contributed by atoms with Crippen molar-refractivity contribution in [2.75, 3.05) is 5.32 Å². The first-order chi connectivity index (χ1) is 9.47. The molecule has 20 heavy (non-hydrogen) atoms. The molecule has 0 aliphatic rings. The van der Waals surface area contributed by atoms with Crippen molar-refractivity contribution in [1.82, 2.24) is 0 Å². The van der Waals surface area contributed by atoms with Crippen molar-refractivity contribution in [3.05, 3.63) is 62.0 Å². The molecule has 0 heterocycles. The third-order valence-corrected chi connectivity index (χ3v) is 4.39. The van der Waals surface area contributed by atoms with Gasteiger partial charge in [0, 0.05) is 14.6 Å². The van der Waals surface area contributed by atoms with Gasteiger partial charge in [-0.3, -0.25) is 0 Å². The van der Waals surface area contributed by atoms with Gasteiger partial charge in [-0.15, -0.1) is 0 Å². The molecule has 6 heteroatoms. The Morgan fingerprint density at radius 1 is 1.20 bits per heavy atom. The smallest absolute Gasteiger partial charge is 0.330 e. The van der Waals surface area contributed by atoms with Gasteiger partial charge >= 0.3 is 5.97 Å². The Morgan fingerprint density at radius 2 is 1.95 bits per heavy atom. The first-order valence-electron chi connectivity index (χ1n) is 5.67. The minimum atomic E-state index is -0.969. The molecule has 0 saturated carbocycles. The van der Waals surface area contributed by atoms with E-state index >= 15 is 0 Å². The SMILES string of the molecule is O=C(O)C(Nc1cccc(Br)c1)c1ccc(Br)c(Cl)c1. The lowest BCUT2D eigenvalue weighted by Crippen LogP contribution is -2.20. The third kappa shape index (κ3) is 3.75. The Labute approximate surface area is 138 Å². The summed E-state index contributed by atoms with van der Waals surface area (Å²) in [6.45, 7) is 0. The van der Waals surface area contributed by atoms with Crippen LogP contribution >= 0.6 is 43.5 Å². The van der Waals surface area contributed by atoms with E-state index in [9.17, 15) is 9.90 Å². The minimum Gasteiger partial charge on any atom is -0.479 e. The number of rotatable bonds is 4. The number of carboxylic acid groups (broad SMARTS) is 1. The molecule has 1 unspecified atom stereocenters. The standard InChI is InChI=1S/C14H10Br2ClNO2/c15-9-2-1-3-10(7-9)18-13(14(19)20)8-4-5-11(16)12(17)6-8/h1-7,13,18H,(H,19,20). The molecule has 0 saturated heterocycles. The zero-order valence-corrected chi connectivity index (χ0v) is 14.0. The number of hydrogen-bond donors (Lipinski definition) is 2. The zero-order chi connectivity index (χ0) is 14.7. The summed E-state index contributed by atoms with van der Waals surface area (Å²) in [5.41, 5.74) is 1.30. The van der Waals surface area contributed by atoms with Crippen molar-refractivity contribution in [2.24, 2.45) is 0 Å². The van der Waals surface area contributed by atoms with E-state index in [0.717, 1.165) is 8.95 Å². The Bertz CT molecular complexity index is 649. The number of anilines is 1. The molecule has 2 aromatic rings. The second-order valence-corrected chi connectivity index (χ2v) is 6.28. The summed E-state index contributed by atoms with van der Waals surface area (Å²) in [7, 11) is 0. The predicted molar refractivity (Wildman–Crippen MR) is 87.3 cm³/mol. The van der Waals surface area contributed by atoms with Crippen LogP contribution in [-0.2, 0) is 4.79 Å². The van der Waals surface area contributed by atoms with Crippen molar-refractivity contribution in [1.29, 1.82) is 0 Å². The number of halogens is 3. The van der Waals surface area contributed by atoms with Crippen LogP contribution in [0, 0.1) is 0 Å². The van der Waals surface area contributed by atoms with Gasteiger partial charge in [0.25, 0.3) is 0 Å².